The van der Waals surface area contributed by atoms with Crippen LogP contribution in [0.1, 0.15) is 40.8 Å². The number of aryl methyl sites for hydroxylation is 1. The zero-order chi connectivity index (χ0) is 19.4. The minimum absolute atomic E-state index is 0.0142. The molecule has 146 valence electrons. The van der Waals surface area contributed by atoms with Crippen molar-refractivity contribution in [2.75, 3.05) is 20.2 Å². The molecule has 27 heavy (non-hydrogen) atoms. The third-order valence-corrected chi connectivity index (χ3v) is 5.76. The highest BCUT2D eigenvalue weighted by Gasteiger charge is 2.27. The van der Waals surface area contributed by atoms with Crippen molar-refractivity contribution in [1.29, 1.82) is 0 Å². The van der Waals surface area contributed by atoms with Crippen molar-refractivity contribution in [3.63, 3.8) is 0 Å². The minimum atomic E-state index is 0.0142. The lowest BCUT2D eigenvalue weighted by molar-refractivity contribution is 0.0660. The third kappa shape index (κ3) is 4.78. The standard InChI is InChI=1S/C20H27N3O3S/c1-13(21)16-5-4-8-23(10-16)20(24)15-6-7-18(19(9-15)25-3)26-11-17-12-27-14(2)22-17/h6-7,9,12-13,16H,4-5,8,10-11,21H2,1-3H3/t13-,16-/m1/s1. The van der Waals surface area contributed by atoms with E-state index < -0.39 is 0 Å². The van der Waals surface area contributed by atoms with Gasteiger partial charge in [-0.2, -0.15) is 0 Å². The molecule has 0 unspecified atom stereocenters. The average Bonchev–Trinajstić information content (AvgIpc) is 3.11. The number of hydrogen-bond acceptors (Lipinski definition) is 6. The number of carbonyl (C=O) groups is 1. The molecule has 0 aliphatic carbocycles. The van der Waals surface area contributed by atoms with E-state index in [0.717, 1.165) is 30.1 Å². The number of likely N-dealkylation sites (tertiary alicyclic amines) is 1. The van der Waals surface area contributed by atoms with Crippen molar-refractivity contribution in [3.05, 3.63) is 39.8 Å². The Hall–Kier alpha value is -2.12. The summed E-state index contributed by atoms with van der Waals surface area (Å²) in [4.78, 5) is 19.2. The molecule has 1 amide bonds. The van der Waals surface area contributed by atoms with E-state index in [4.69, 9.17) is 15.2 Å². The van der Waals surface area contributed by atoms with E-state index in [9.17, 15) is 4.79 Å². The van der Waals surface area contributed by atoms with E-state index in [-0.39, 0.29) is 11.9 Å². The third-order valence-electron chi connectivity index (χ3n) is 4.94. The van der Waals surface area contributed by atoms with Crippen LogP contribution in [0.5, 0.6) is 11.5 Å². The van der Waals surface area contributed by atoms with E-state index in [0.29, 0.717) is 36.1 Å². The number of nitrogens with two attached hydrogens (primary N) is 1. The van der Waals surface area contributed by atoms with Crippen molar-refractivity contribution in [2.24, 2.45) is 11.7 Å². The number of thiazole rings is 1. The SMILES string of the molecule is COc1cc(C(=O)N2CCC[C@@H]([C@@H](C)N)C2)ccc1OCc1csc(C)n1. The van der Waals surface area contributed by atoms with Gasteiger partial charge in [0, 0.05) is 30.1 Å². The van der Waals surface area contributed by atoms with E-state index in [1.54, 1.807) is 36.6 Å². The fourth-order valence-corrected chi connectivity index (χ4v) is 3.95. The number of carbonyl (C=O) groups excluding carboxylic acids is 1. The zero-order valence-electron chi connectivity index (χ0n) is 16.1. The van der Waals surface area contributed by atoms with Gasteiger partial charge in [0.1, 0.15) is 6.61 Å². The van der Waals surface area contributed by atoms with E-state index in [2.05, 4.69) is 4.98 Å². The molecule has 2 aromatic rings. The first kappa shape index (κ1) is 19.6. The topological polar surface area (TPSA) is 77.7 Å². The molecule has 0 radical (unpaired) electrons. The van der Waals surface area contributed by atoms with Crippen LogP contribution in [0.3, 0.4) is 0 Å². The molecule has 7 heteroatoms. The van der Waals surface area contributed by atoms with Crippen molar-refractivity contribution in [1.82, 2.24) is 9.88 Å². The summed E-state index contributed by atoms with van der Waals surface area (Å²) in [6.07, 6.45) is 2.07. The number of hydrogen-bond donors (Lipinski definition) is 1. The molecule has 1 aromatic heterocycles. The molecule has 1 fully saturated rings. The monoisotopic (exact) mass is 389 g/mol. The summed E-state index contributed by atoms with van der Waals surface area (Å²) in [5.41, 5.74) is 7.53. The first-order valence-corrected chi connectivity index (χ1v) is 10.1. The number of benzene rings is 1. The molecule has 0 saturated carbocycles. The smallest absolute Gasteiger partial charge is 0.254 e. The molecule has 2 heterocycles. The average molecular weight is 390 g/mol. The first-order chi connectivity index (χ1) is 13.0. The maximum absolute atomic E-state index is 12.9. The second-order valence-electron chi connectivity index (χ2n) is 7.02. The number of aromatic nitrogens is 1. The molecule has 0 spiro atoms. The van der Waals surface area contributed by atoms with E-state index >= 15 is 0 Å². The Labute approximate surface area is 164 Å². The summed E-state index contributed by atoms with van der Waals surface area (Å²) in [6, 6.07) is 5.43. The molecule has 2 atom stereocenters. The van der Waals surface area contributed by atoms with Crippen LogP contribution in [0.4, 0.5) is 0 Å². The molecule has 1 saturated heterocycles. The van der Waals surface area contributed by atoms with Crippen LogP contribution in [0.15, 0.2) is 23.6 Å². The Bertz CT molecular complexity index is 791. The number of amides is 1. The van der Waals surface area contributed by atoms with Crippen molar-refractivity contribution >= 4 is 17.2 Å². The molecule has 3 rings (SSSR count). The van der Waals surface area contributed by atoms with Gasteiger partial charge >= 0.3 is 0 Å². The normalized spacial score (nSPS) is 18.2. The van der Waals surface area contributed by atoms with Crippen LogP contribution < -0.4 is 15.2 Å². The summed E-state index contributed by atoms with van der Waals surface area (Å²) >= 11 is 1.59. The number of piperidine rings is 1. The van der Waals surface area contributed by atoms with Crippen molar-refractivity contribution in [2.45, 2.75) is 39.3 Å². The summed E-state index contributed by atoms with van der Waals surface area (Å²) in [6.45, 7) is 5.82. The summed E-state index contributed by atoms with van der Waals surface area (Å²) in [5, 5.41) is 2.98. The highest BCUT2D eigenvalue weighted by molar-refractivity contribution is 7.09. The highest BCUT2D eigenvalue weighted by Crippen LogP contribution is 2.30. The van der Waals surface area contributed by atoms with Gasteiger partial charge in [0.15, 0.2) is 11.5 Å². The first-order valence-electron chi connectivity index (χ1n) is 9.24. The Morgan fingerprint density at radius 2 is 2.26 bits per heavy atom. The van der Waals surface area contributed by atoms with Gasteiger partial charge in [-0.3, -0.25) is 4.79 Å². The zero-order valence-corrected chi connectivity index (χ0v) is 16.9. The lowest BCUT2D eigenvalue weighted by atomic mass is 9.92. The quantitative estimate of drug-likeness (QED) is 0.821. The predicted molar refractivity (Wildman–Crippen MR) is 106 cm³/mol. The Morgan fingerprint density at radius 1 is 1.44 bits per heavy atom. The molecule has 1 aromatic carbocycles. The van der Waals surface area contributed by atoms with Gasteiger partial charge in [-0.05, 0) is 50.8 Å². The predicted octanol–water partition coefficient (Wildman–Crippen LogP) is 3.24. The van der Waals surface area contributed by atoms with Crippen LogP contribution >= 0.6 is 11.3 Å². The van der Waals surface area contributed by atoms with Crippen LogP contribution in [0.2, 0.25) is 0 Å². The molecule has 1 aliphatic heterocycles. The molecular weight excluding hydrogens is 362 g/mol. The number of nitrogens with zero attached hydrogens (tertiary/aromatic N) is 2. The van der Waals surface area contributed by atoms with Crippen LogP contribution in [0, 0.1) is 12.8 Å². The minimum Gasteiger partial charge on any atom is -0.493 e. The molecular formula is C20H27N3O3S. The van der Waals surface area contributed by atoms with Crippen LogP contribution in [-0.4, -0.2) is 42.0 Å². The van der Waals surface area contributed by atoms with Gasteiger partial charge in [0.2, 0.25) is 0 Å². The van der Waals surface area contributed by atoms with E-state index in [1.165, 1.54) is 0 Å². The lowest BCUT2D eigenvalue weighted by Gasteiger charge is -2.34. The fourth-order valence-electron chi connectivity index (χ4n) is 3.35. The van der Waals surface area contributed by atoms with Gasteiger partial charge in [-0.1, -0.05) is 0 Å². The lowest BCUT2D eigenvalue weighted by Crippen LogP contribution is -2.45. The van der Waals surface area contributed by atoms with E-state index in [1.807, 2.05) is 24.1 Å². The highest BCUT2D eigenvalue weighted by atomic mass is 32.1. The van der Waals surface area contributed by atoms with Crippen molar-refractivity contribution < 1.29 is 14.3 Å². The second-order valence-corrected chi connectivity index (χ2v) is 8.09. The number of ether oxygens (including phenoxy) is 2. The Morgan fingerprint density at radius 3 is 2.93 bits per heavy atom. The fraction of sp³-hybridized carbons (Fsp3) is 0.500. The summed E-state index contributed by atoms with van der Waals surface area (Å²) < 4.78 is 11.3. The Kier molecular flexibility index (Phi) is 6.34. The summed E-state index contributed by atoms with van der Waals surface area (Å²) in [7, 11) is 1.58. The van der Waals surface area contributed by atoms with Gasteiger partial charge < -0.3 is 20.1 Å². The van der Waals surface area contributed by atoms with Gasteiger partial charge in [0.05, 0.1) is 17.8 Å². The summed E-state index contributed by atoms with van der Waals surface area (Å²) in [5.74, 6) is 1.52. The molecule has 2 N–H and O–H groups in total. The maximum Gasteiger partial charge on any atom is 0.254 e. The molecule has 1 aliphatic rings. The maximum atomic E-state index is 12.9. The second kappa shape index (κ2) is 8.71. The molecule has 0 bridgehead atoms. The van der Waals surface area contributed by atoms with Gasteiger partial charge in [0.25, 0.3) is 5.91 Å². The van der Waals surface area contributed by atoms with Crippen LogP contribution in [-0.2, 0) is 6.61 Å². The number of rotatable bonds is 6. The molecule has 6 nitrogen and oxygen atoms in total. The van der Waals surface area contributed by atoms with Crippen molar-refractivity contribution in [3.8, 4) is 11.5 Å². The van der Waals surface area contributed by atoms with Crippen LogP contribution in [0.25, 0.3) is 0 Å². The Balaban J connectivity index is 1.70. The van der Waals surface area contributed by atoms with Gasteiger partial charge in [-0.25, -0.2) is 4.98 Å². The largest absolute Gasteiger partial charge is 0.493 e. The number of methoxy groups -OCH3 is 1. The van der Waals surface area contributed by atoms with Gasteiger partial charge in [-0.15, -0.1) is 11.3 Å².